The number of carbonyl (C=O) groups excluding carboxylic acids is 3. The number of hydrogen-bond acceptors (Lipinski definition) is 5. The highest BCUT2D eigenvalue weighted by Crippen LogP contribution is 2.28. The number of carbonyl (C=O) groups is 3. The fourth-order valence-corrected chi connectivity index (χ4v) is 7.46. The highest BCUT2D eigenvalue weighted by Gasteiger charge is 2.32. The highest BCUT2D eigenvalue weighted by atomic mass is 32.1. The zero-order chi connectivity index (χ0) is 33.4. The average molecular weight is 658 g/mol. The van der Waals surface area contributed by atoms with Gasteiger partial charge in [-0.2, -0.15) is 0 Å². The molecule has 7 nitrogen and oxygen atoms in total. The molecule has 0 unspecified atom stereocenters. The molecule has 0 N–H and O–H groups in total. The number of nitrogens with zero attached hydrogens (tertiary/aromatic N) is 3. The van der Waals surface area contributed by atoms with Crippen molar-refractivity contribution >= 4 is 29.2 Å². The number of piperidine rings is 2. The Morgan fingerprint density at radius 3 is 2.06 bits per heavy atom. The molecule has 1 aromatic heterocycles. The molecule has 0 atom stereocenters. The first-order chi connectivity index (χ1) is 22.6. The molecule has 2 aliphatic rings. The van der Waals surface area contributed by atoms with E-state index in [4.69, 9.17) is 4.74 Å². The molecule has 0 aliphatic carbocycles. The molecular formula is C39H51N3O4S. The van der Waals surface area contributed by atoms with Gasteiger partial charge in [0.2, 0.25) is 0 Å². The lowest BCUT2D eigenvalue weighted by atomic mass is 10.00. The molecule has 2 aromatic carbocycles. The van der Waals surface area contributed by atoms with Crippen LogP contribution in [0.1, 0.15) is 110 Å². The predicted octanol–water partition coefficient (Wildman–Crippen LogP) is 8.82. The Labute approximate surface area is 284 Å². The van der Waals surface area contributed by atoms with Gasteiger partial charge in [0.05, 0.1) is 4.88 Å². The van der Waals surface area contributed by atoms with Gasteiger partial charge < -0.3 is 19.4 Å². The van der Waals surface area contributed by atoms with E-state index in [1.165, 1.54) is 24.1 Å². The Morgan fingerprint density at radius 1 is 0.809 bits per heavy atom. The van der Waals surface area contributed by atoms with Crippen molar-refractivity contribution in [3.8, 4) is 11.1 Å². The maximum Gasteiger partial charge on any atom is 0.410 e. The molecule has 2 aliphatic heterocycles. The Morgan fingerprint density at radius 2 is 1.45 bits per heavy atom. The molecular weight excluding hydrogens is 607 g/mol. The largest absolute Gasteiger partial charge is 0.444 e. The fourth-order valence-electron chi connectivity index (χ4n) is 6.46. The standard InChI is InChI=1S/C39H51N3O4S/c1-5-6-8-11-34-20-21-35(47-34)37(44)42(33-22-26-41(27-23-33)38(45)46-39(2,3)4)28-29-12-14-30(15-13-29)31-16-18-32(19-17-31)36(43)40-24-9-7-10-25-40/h12-21,33H,5-11,22-28H2,1-4H3. The van der Waals surface area contributed by atoms with Crippen LogP contribution in [0.2, 0.25) is 0 Å². The average Bonchev–Trinajstić information content (AvgIpc) is 3.56. The first kappa shape index (κ1) is 34.7. The number of ether oxygens (including phenoxy) is 1. The molecule has 3 heterocycles. The van der Waals surface area contributed by atoms with Crippen LogP contribution in [0.5, 0.6) is 0 Å². The molecule has 0 spiro atoms. The highest BCUT2D eigenvalue weighted by molar-refractivity contribution is 7.14. The van der Waals surface area contributed by atoms with Crippen molar-refractivity contribution in [2.24, 2.45) is 0 Å². The van der Waals surface area contributed by atoms with E-state index >= 15 is 0 Å². The van der Waals surface area contributed by atoms with Gasteiger partial charge in [0.1, 0.15) is 5.60 Å². The number of hydrogen-bond donors (Lipinski definition) is 0. The summed E-state index contributed by atoms with van der Waals surface area (Å²) in [6.45, 7) is 11.2. The van der Waals surface area contributed by atoms with E-state index < -0.39 is 5.60 Å². The minimum atomic E-state index is -0.539. The maximum atomic E-state index is 14.1. The van der Waals surface area contributed by atoms with Gasteiger partial charge in [-0.1, -0.05) is 56.2 Å². The number of rotatable bonds is 10. The summed E-state index contributed by atoms with van der Waals surface area (Å²) in [6, 6.07) is 20.4. The third-order valence-corrected chi connectivity index (χ3v) is 10.3. The van der Waals surface area contributed by atoms with Gasteiger partial charge in [-0.15, -0.1) is 11.3 Å². The number of unbranched alkanes of at least 4 members (excludes halogenated alkanes) is 2. The monoisotopic (exact) mass is 657 g/mol. The van der Waals surface area contributed by atoms with Gasteiger partial charge >= 0.3 is 6.09 Å². The van der Waals surface area contributed by atoms with Crippen LogP contribution in [-0.4, -0.2) is 70.4 Å². The summed E-state index contributed by atoms with van der Waals surface area (Å²) in [5, 5.41) is 0. The van der Waals surface area contributed by atoms with Gasteiger partial charge in [-0.05, 0) is 107 Å². The van der Waals surface area contributed by atoms with Crippen LogP contribution in [0.4, 0.5) is 4.79 Å². The summed E-state index contributed by atoms with van der Waals surface area (Å²) >= 11 is 1.62. The van der Waals surface area contributed by atoms with E-state index in [-0.39, 0.29) is 23.9 Å². The lowest BCUT2D eigenvalue weighted by Crippen LogP contribution is -2.49. The molecule has 0 radical (unpaired) electrons. The molecule has 5 rings (SSSR count). The SMILES string of the molecule is CCCCCc1ccc(C(=O)N(Cc2ccc(-c3ccc(C(=O)N4CCCCC4)cc3)cc2)C2CCN(C(=O)OC(C)(C)C)CC2)s1. The summed E-state index contributed by atoms with van der Waals surface area (Å²) in [5.41, 5.74) is 3.39. The van der Waals surface area contributed by atoms with Crippen molar-refractivity contribution in [1.29, 1.82) is 0 Å². The van der Waals surface area contributed by atoms with Crippen molar-refractivity contribution in [2.75, 3.05) is 26.2 Å². The van der Waals surface area contributed by atoms with E-state index in [0.717, 1.165) is 65.9 Å². The summed E-state index contributed by atoms with van der Waals surface area (Å²) in [4.78, 5) is 47.5. The van der Waals surface area contributed by atoms with Crippen molar-refractivity contribution < 1.29 is 19.1 Å². The second-order valence-electron chi connectivity index (χ2n) is 14.0. The molecule has 47 heavy (non-hydrogen) atoms. The van der Waals surface area contributed by atoms with Crippen LogP contribution in [-0.2, 0) is 17.7 Å². The van der Waals surface area contributed by atoms with Gasteiger partial charge in [0.15, 0.2) is 0 Å². The topological polar surface area (TPSA) is 70.2 Å². The molecule has 252 valence electrons. The van der Waals surface area contributed by atoms with Crippen molar-refractivity contribution in [3.05, 3.63) is 81.5 Å². The van der Waals surface area contributed by atoms with Crippen molar-refractivity contribution in [2.45, 2.75) is 104 Å². The van der Waals surface area contributed by atoms with E-state index in [2.05, 4.69) is 37.3 Å². The minimum absolute atomic E-state index is 0.0245. The molecule has 3 aromatic rings. The second kappa shape index (κ2) is 16.0. The molecule has 0 saturated carbocycles. The van der Waals surface area contributed by atoms with Crippen LogP contribution in [0, 0.1) is 0 Å². The summed E-state index contributed by atoms with van der Waals surface area (Å²) < 4.78 is 5.61. The Kier molecular flexibility index (Phi) is 11.8. The lowest BCUT2D eigenvalue weighted by molar-refractivity contribution is 0.0142. The zero-order valence-electron chi connectivity index (χ0n) is 28.6. The molecule has 0 bridgehead atoms. The first-order valence-electron chi connectivity index (χ1n) is 17.5. The molecule has 2 fully saturated rings. The first-order valence-corrected chi connectivity index (χ1v) is 18.3. The third kappa shape index (κ3) is 9.47. The maximum absolute atomic E-state index is 14.1. The molecule has 8 heteroatoms. The number of benzene rings is 2. The summed E-state index contributed by atoms with van der Waals surface area (Å²) in [6.07, 6.45) is 9.01. The minimum Gasteiger partial charge on any atom is -0.444 e. The van der Waals surface area contributed by atoms with E-state index in [1.54, 1.807) is 16.2 Å². The second-order valence-corrected chi connectivity index (χ2v) is 15.2. The Balaban J connectivity index is 1.28. The predicted molar refractivity (Wildman–Crippen MR) is 190 cm³/mol. The Bertz CT molecular complexity index is 1480. The van der Waals surface area contributed by atoms with Crippen LogP contribution in [0.15, 0.2) is 60.7 Å². The van der Waals surface area contributed by atoms with Crippen molar-refractivity contribution in [1.82, 2.24) is 14.7 Å². The fraction of sp³-hybridized carbons (Fsp3) is 0.513. The van der Waals surface area contributed by atoms with Crippen LogP contribution in [0.25, 0.3) is 11.1 Å². The van der Waals surface area contributed by atoms with Gasteiger partial charge in [0, 0.05) is 49.2 Å². The smallest absolute Gasteiger partial charge is 0.410 e. The lowest BCUT2D eigenvalue weighted by Gasteiger charge is -2.39. The van der Waals surface area contributed by atoms with Gasteiger partial charge in [0.25, 0.3) is 11.8 Å². The van der Waals surface area contributed by atoms with Gasteiger partial charge in [-0.3, -0.25) is 9.59 Å². The van der Waals surface area contributed by atoms with E-state index in [9.17, 15) is 14.4 Å². The molecule has 3 amide bonds. The molecule has 2 saturated heterocycles. The zero-order valence-corrected chi connectivity index (χ0v) is 29.4. The quantitative estimate of drug-likeness (QED) is 0.204. The van der Waals surface area contributed by atoms with E-state index in [0.29, 0.717) is 32.5 Å². The number of likely N-dealkylation sites (tertiary alicyclic amines) is 2. The van der Waals surface area contributed by atoms with Crippen LogP contribution < -0.4 is 0 Å². The van der Waals surface area contributed by atoms with Crippen LogP contribution in [0.3, 0.4) is 0 Å². The van der Waals surface area contributed by atoms with E-state index in [1.807, 2.05) is 60.9 Å². The normalized spacial score (nSPS) is 15.8. The van der Waals surface area contributed by atoms with Crippen molar-refractivity contribution in [3.63, 3.8) is 0 Å². The number of aryl methyl sites for hydroxylation is 1. The summed E-state index contributed by atoms with van der Waals surface area (Å²) in [5.74, 6) is 0.178. The van der Waals surface area contributed by atoms with Gasteiger partial charge in [-0.25, -0.2) is 4.79 Å². The Hall–Kier alpha value is -3.65. The van der Waals surface area contributed by atoms with Crippen LogP contribution >= 0.6 is 11.3 Å². The third-order valence-electron chi connectivity index (χ3n) is 9.13. The number of amides is 3. The summed E-state index contributed by atoms with van der Waals surface area (Å²) in [7, 11) is 0. The number of thiophene rings is 1.